The molecule has 0 bridgehead atoms. The number of benzene rings is 2. The van der Waals surface area contributed by atoms with E-state index in [1.165, 1.54) is 6.33 Å². The topological polar surface area (TPSA) is 139 Å². The zero-order valence-corrected chi connectivity index (χ0v) is 23.4. The molecular formula is C31H33N7O4. The quantitative estimate of drug-likeness (QED) is 0.312. The molecule has 11 nitrogen and oxygen atoms in total. The molecule has 6 rings (SSSR count). The number of amidine groups is 1. The number of rotatable bonds is 9. The van der Waals surface area contributed by atoms with Crippen LogP contribution in [0.15, 0.2) is 64.8 Å². The Hall–Kier alpha value is -4.53. The van der Waals surface area contributed by atoms with Crippen molar-refractivity contribution in [1.29, 1.82) is 5.26 Å². The lowest BCUT2D eigenvalue weighted by atomic mass is 9.92. The fraction of sp³-hybridized carbons (Fsp3) is 0.387. The van der Waals surface area contributed by atoms with Crippen LogP contribution in [-0.4, -0.2) is 49.2 Å². The Balaban J connectivity index is 1.32. The number of nitrogens with one attached hydrogen (secondary N) is 1. The van der Waals surface area contributed by atoms with Crippen molar-refractivity contribution in [3.63, 3.8) is 0 Å². The number of oxime groups is 1. The van der Waals surface area contributed by atoms with Gasteiger partial charge in [-0.05, 0) is 48.8 Å². The van der Waals surface area contributed by atoms with Gasteiger partial charge in [-0.1, -0.05) is 67.0 Å². The zero-order chi connectivity index (χ0) is 29.1. The van der Waals surface area contributed by atoms with E-state index in [-0.39, 0.29) is 24.3 Å². The molecule has 216 valence electrons. The maximum Gasteiger partial charge on any atom is 0.304 e. The summed E-state index contributed by atoms with van der Waals surface area (Å²) in [5.41, 5.74) is 5.38. The lowest BCUT2D eigenvalue weighted by molar-refractivity contribution is -0.0896. The summed E-state index contributed by atoms with van der Waals surface area (Å²) in [5.74, 6) is 1.05. The molecule has 1 unspecified atom stereocenters. The molecular weight excluding hydrogens is 534 g/mol. The summed E-state index contributed by atoms with van der Waals surface area (Å²) in [4.78, 5) is 23.6. The van der Waals surface area contributed by atoms with Gasteiger partial charge in [-0.15, -0.1) is 0 Å². The second-order valence-corrected chi connectivity index (χ2v) is 10.7. The molecule has 2 aliphatic rings. The highest BCUT2D eigenvalue weighted by Gasteiger charge is 2.28. The summed E-state index contributed by atoms with van der Waals surface area (Å²) in [7, 11) is 0. The van der Waals surface area contributed by atoms with Gasteiger partial charge >= 0.3 is 6.41 Å². The second kappa shape index (κ2) is 12.1. The van der Waals surface area contributed by atoms with Gasteiger partial charge in [0, 0.05) is 23.6 Å². The number of hydrogen-bond acceptors (Lipinski definition) is 9. The van der Waals surface area contributed by atoms with Crippen molar-refractivity contribution in [2.75, 3.05) is 6.61 Å². The van der Waals surface area contributed by atoms with Crippen LogP contribution in [0.1, 0.15) is 67.5 Å². The molecule has 1 saturated carbocycles. The van der Waals surface area contributed by atoms with Gasteiger partial charge < -0.3 is 20.0 Å². The Morgan fingerprint density at radius 1 is 1.12 bits per heavy atom. The molecule has 0 radical (unpaired) electrons. The number of nitriles is 1. The molecule has 2 aromatic heterocycles. The first kappa shape index (κ1) is 27.6. The van der Waals surface area contributed by atoms with Crippen LogP contribution in [-0.2, 0) is 22.4 Å². The third kappa shape index (κ3) is 5.38. The van der Waals surface area contributed by atoms with Crippen molar-refractivity contribution in [1.82, 2.24) is 24.5 Å². The van der Waals surface area contributed by atoms with Gasteiger partial charge in [0.1, 0.15) is 12.9 Å². The van der Waals surface area contributed by atoms with Crippen molar-refractivity contribution in [3.05, 3.63) is 87.6 Å². The van der Waals surface area contributed by atoms with Crippen LogP contribution in [0.25, 0.3) is 16.9 Å². The number of aryl methyl sites for hydroxylation is 1. The molecule has 1 atom stereocenters. The maximum absolute atomic E-state index is 14.2. The normalized spacial score (nSPS) is 20.1. The number of aliphatic hydroxyl groups is 1. The van der Waals surface area contributed by atoms with Crippen LogP contribution >= 0.6 is 0 Å². The molecule has 3 heterocycles. The van der Waals surface area contributed by atoms with Gasteiger partial charge in [-0.3, -0.25) is 9.36 Å². The summed E-state index contributed by atoms with van der Waals surface area (Å²) in [6.07, 6.45) is 5.61. The van der Waals surface area contributed by atoms with Gasteiger partial charge in [0.2, 0.25) is 5.78 Å². The Morgan fingerprint density at radius 3 is 2.57 bits per heavy atom. The summed E-state index contributed by atoms with van der Waals surface area (Å²) >= 11 is 0. The predicted octanol–water partition coefficient (Wildman–Crippen LogP) is 3.68. The van der Waals surface area contributed by atoms with Gasteiger partial charge in [0.15, 0.2) is 5.84 Å². The lowest BCUT2D eigenvalue weighted by Crippen LogP contribution is -2.35. The van der Waals surface area contributed by atoms with E-state index in [0.29, 0.717) is 24.5 Å². The highest BCUT2D eigenvalue weighted by molar-refractivity contribution is 6.04. The number of aliphatic hydroxyl groups excluding tert-OH is 1. The SMILES string of the molecule is CCCc1c(Cc2ccc(-c3ccccc3C3=NOC(O)N3)cc2)c(=O)n([C@H]2CC[C@H](OCC#N)CC2)c2ncnn12. The van der Waals surface area contributed by atoms with E-state index in [1.54, 1.807) is 0 Å². The average molecular weight is 568 g/mol. The second-order valence-electron chi connectivity index (χ2n) is 10.7. The molecule has 1 fully saturated rings. The van der Waals surface area contributed by atoms with Crippen LogP contribution in [0.3, 0.4) is 0 Å². The summed E-state index contributed by atoms with van der Waals surface area (Å²) in [6, 6.07) is 18.0. The van der Waals surface area contributed by atoms with E-state index in [0.717, 1.165) is 65.6 Å². The van der Waals surface area contributed by atoms with E-state index in [1.807, 2.05) is 63.7 Å². The molecule has 0 spiro atoms. The van der Waals surface area contributed by atoms with E-state index >= 15 is 0 Å². The fourth-order valence-electron chi connectivity index (χ4n) is 6.05. The highest BCUT2D eigenvalue weighted by atomic mass is 16.7. The van der Waals surface area contributed by atoms with E-state index < -0.39 is 6.41 Å². The third-order valence-electron chi connectivity index (χ3n) is 8.04. The third-order valence-corrected chi connectivity index (χ3v) is 8.04. The Morgan fingerprint density at radius 2 is 1.88 bits per heavy atom. The molecule has 4 aromatic rings. The van der Waals surface area contributed by atoms with Crippen LogP contribution < -0.4 is 10.9 Å². The van der Waals surface area contributed by atoms with Crippen molar-refractivity contribution < 1.29 is 14.7 Å². The molecule has 1 aliphatic carbocycles. The Kier molecular flexibility index (Phi) is 7.99. The van der Waals surface area contributed by atoms with Gasteiger partial charge in [-0.25, -0.2) is 4.52 Å². The number of ether oxygens (including phenoxy) is 1. The molecule has 2 aromatic carbocycles. The highest BCUT2D eigenvalue weighted by Crippen LogP contribution is 2.31. The number of aromatic nitrogens is 4. The van der Waals surface area contributed by atoms with Gasteiger partial charge in [-0.2, -0.15) is 15.3 Å². The standard InChI is InChI=1S/C31H33N7O4/c1-2-5-27-26(29(39)37(30-33-19-34-38(27)30)22-12-14-23(15-13-22)41-17-16-32)18-20-8-10-21(11-9-20)24-6-3-4-7-25(24)28-35-31(40)42-36-28/h3-4,6-11,19,22-23,31,40H,2,5,12-15,17-18H2,1H3,(H,35,36)/t22-,23-,31?. The van der Waals surface area contributed by atoms with Crippen LogP contribution in [0.4, 0.5) is 0 Å². The summed E-state index contributed by atoms with van der Waals surface area (Å²) in [5, 5.41) is 29.8. The van der Waals surface area contributed by atoms with Crippen molar-refractivity contribution in [2.24, 2.45) is 5.16 Å². The predicted molar refractivity (Wildman–Crippen MR) is 156 cm³/mol. The van der Waals surface area contributed by atoms with Gasteiger partial charge in [0.05, 0.1) is 17.9 Å². The first-order valence-electron chi connectivity index (χ1n) is 14.4. The minimum absolute atomic E-state index is 0.00551. The molecule has 0 saturated heterocycles. The average Bonchev–Trinajstić information content (AvgIpc) is 3.68. The largest absolute Gasteiger partial charge is 0.363 e. The Labute approximate surface area is 243 Å². The number of hydrogen-bond donors (Lipinski definition) is 2. The Bertz CT molecular complexity index is 1700. The minimum Gasteiger partial charge on any atom is -0.363 e. The fourth-order valence-corrected chi connectivity index (χ4v) is 6.05. The monoisotopic (exact) mass is 567 g/mol. The molecule has 11 heteroatoms. The molecule has 1 aliphatic heterocycles. The van der Waals surface area contributed by atoms with Crippen molar-refractivity contribution in [2.45, 2.75) is 70.4 Å². The molecule has 0 amide bonds. The van der Waals surface area contributed by atoms with E-state index in [9.17, 15) is 9.90 Å². The number of fused-ring (bicyclic) bond motifs is 1. The van der Waals surface area contributed by atoms with Crippen LogP contribution in [0.5, 0.6) is 0 Å². The lowest BCUT2D eigenvalue weighted by Gasteiger charge is -2.30. The number of nitrogens with zero attached hydrogens (tertiary/aromatic N) is 6. The smallest absolute Gasteiger partial charge is 0.304 e. The minimum atomic E-state index is -1.16. The van der Waals surface area contributed by atoms with Crippen LogP contribution in [0.2, 0.25) is 0 Å². The van der Waals surface area contributed by atoms with Crippen molar-refractivity contribution in [3.8, 4) is 17.2 Å². The molecule has 42 heavy (non-hydrogen) atoms. The maximum atomic E-state index is 14.2. The molecule has 2 N–H and O–H groups in total. The first-order valence-corrected chi connectivity index (χ1v) is 14.4. The van der Waals surface area contributed by atoms with Crippen molar-refractivity contribution >= 4 is 11.6 Å². The van der Waals surface area contributed by atoms with E-state index in [2.05, 4.69) is 27.5 Å². The zero-order valence-electron chi connectivity index (χ0n) is 23.4. The summed E-state index contributed by atoms with van der Waals surface area (Å²) < 4.78 is 9.32. The first-order chi connectivity index (χ1) is 20.6. The van der Waals surface area contributed by atoms with Gasteiger partial charge in [0.25, 0.3) is 5.56 Å². The van der Waals surface area contributed by atoms with Crippen LogP contribution in [0, 0.1) is 11.3 Å². The van der Waals surface area contributed by atoms with E-state index in [4.69, 9.17) is 14.8 Å². The summed E-state index contributed by atoms with van der Waals surface area (Å²) in [6.45, 7) is 2.19.